The fourth-order valence-corrected chi connectivity index (χ4v) is 2.90. The first-order chi connectivity index (χ1) is 10.8. The van der Waals surface area contributed by atoms with Gasteiger partial charge in [-0.25, -0.2) is 4.52 Å². The van der Waals surface area contributed by atoms with Crippen molar-refractivity contribution in [1.82, 2.24) is 20.1 Å². The Kier molecular flexibility index (Phi) is 3.11. The molecule has 1 aliphatic rings. The van der Waals surface area contributed by atoms with Crippen molar-refractivity contribution in [3.05, 3.63) is 66.0 Å². The summed E-state index contributed by atoms with van der Waals surface area (Å²) in [7, 11) is 0. The first-order valence-electron chi connectivity index (χ1n) is 7.46. The summed E-state index contributed by atoms with van der Waals surface area (Å²) in [5.41, 5.74) is 2.48. The molecular formula is C17H16N4O. The normalized spacial score (nSPS) is 20.0. The lowest BCUT2D eigenvalue weighted by Gasteiger charge is -2.03. The molecule has 1 aromatic carbocycles. The van der Waals surface area contributed by atoms with Crippen molar-refractivity contribution in [3.8, 4) is 0 Å². The first-order valence-corrected chi connectivity index (χ1v) is 7.46. The van der Waals surface area contributed by atoms with Crippen molar-refractivity contribution >= 4 is 11.4 Å². The Bertz CT molecular complexity index is 812. The molecular weight excluding hydrogens is 276 g/mol. The van der Waals surface area contributed by atoms with Crippen LogP contribution in [0.5, 0.6) is 0 Å². The molecule has 1 fully saturated rings. The van der Waals surface area contributed by atoms with Crippen molar-refractivity contribution in [2.75, 3.05) is 6.54 Å². The zero-order valence-corrected chi connectivity index (χ0v) is 12.0. The summed E-state index contributed by atoms with van der Waals surface area (Å²) in [5, 5.41) is 10.9. The average molecular weight is 292 g/mol. The van der Waals surface area contributed by atoms with Gasteiger partial charge in [0.25, 0.3) is 5.91 Å². The molecule has 22 heavy (non-hydrogen) atoms. The maximum Gasteiger partial charge on any atom is 0.274 e. The van der Waals surface area contributed by atoms with Crippen molar-refractivity contribution in [1.29, 1.82) is 0 Å². The molecule has 0 aliphatic heterocycles. The largest absolute Gasteiger partial charge is 0.350 e. The molecule has 1 N–H and O–H groups in total. The van der Waals surface area contributed by atoms with Gasteiger partial charge in [-0.3, -0.25) is 4.79 Å². The summed E-state index contributed by atoms with van der Waals surface area (Å²) in [4.78, 5) is 12.3. The van der Waals surface area contributed by atoms with Crippen LogP contribution in [0, 0.1) is 5.92 Å². The Balaban J connectivity index is 1.40. The fourth-order valence-electron chi connectivity index (χ4n) is 2.90. The molecule has 2 heterocycles. The molecule has 2 aromatic heterocycles. The predicted octanol–water partition coefficient (Wildman–Crippen LogP) is 2.26. The summed E-state index contributed by atoms with van der Waals surface area (Å²) < 4.78 is 1.61. The smallest absolute Gasteiger partial charge is 0.274 e. The molecule has 0 spiro atoms. The zero-order valence-electron chi connectivity index (χ0n) is 12.0. The van der Waals surface area contributed by atoms with Crippen LogP contribution in [0.25, 0.3) is 5.52 Å². The zero-order chi connectivity index (χ0) is 14.9. The standard InChI is InChI=1S/C17H16N4O/c22-17(16-15-8-4-5-9-21(15)20-19-16)18-11-13-10-14(13)12-6-2-1-3-7-12/h1-9,13-14H,10-11H2,(H,18,22)/t13-,14-/m1/s1. The van der Waals surface area contributed by atoms with E-state index in [0.717, 1.165) is 11.9 Å². The van der Waals surface area contributed by atoms with Gasteiger partial charge in [0.1, 0.15) is 0 Å². The van der Waals surface area contributed by atoms with E-state index in [1.54, 1.807) is 10.7 Å². The Morgan fingerprint density at radius 2 is 2.00 bits per heavy atom. The van der Waals surface area contributed by atoms with Crippen molar-refractivity contribution < 1.29 is 4.79 Å². The monoisotopic (exact) mass is 292 g/mol. The Morgan fingerprint density at radius 3 is 2.86 bits per heavy atom. The summed E-state index contributed by atoms with van der Waals surface area (Å²) in [6, 6.07) is 16.0. The summed E-state index contributed by atoms with van der Waals surface area (Å²) in [5.74, 6) is 0.937. The number of nitrogens with one attached hydrogen (secondary N) is 1. The minimum absolute atomic E-state index is 0.153. The summed E-state index contributed by atoms with van der Waals surface area (Å²) >= 11 is 0. The minimum Gasteiger partial charge on any atom is -0.350 e. The van der Waals surface area contributed by atoms with Gasteiger partial charge in [0.15, 0.2) is 5.69 Å². The number of hydrogen-bond donors (Lipinski definition) is 1. The summed E-state index contributed by atoms with van der Waals surface area (Å²) in [6.45, 7) is 0.685. The van der Waals surface area contributed by atoms with Gasteiger partial charge < -0.3 is 5.32 Å². The molecule has 5 nitrogen and oxygen atoms in total. The molecule has 1 saturated carbocycles. The van der Waals surface area contributed by atoms with Crippen molar-refractivity contribution in [3.63, 3.8) is 0 Å². The van der Waals surface area contributed by atoms with E-state index < -0.39 is 0 Å². The number of carbonyl (C=O) groups is 1. The molecule has 110 valence electrons. The first kappa shape index (κ1) is 13.0. The van der Waals surface area contributed by atoms with Crippen LogP contribution >= 0.6 is 0 Å². The van der Waals surface area contributed by atoms with Crippen LogP contribution in [-0.4, -0.2) is 27.3 Å². The van der Waals surface area contributed by atoms with E-state index in [1.807, 2.05) is 24.3 Å². The topological polar surface area (TPSA) is 59.3 Å². The second kappa shape index (κ2) is 5.26. The lowest BCUT2D eigenvalue weighted by atomic mass is 10.1. The van der Waals surface area contributed by atoms with Crippen LogP contribution in [0.15, 0.2) is 54.7 Å². The van der Waals surface area contributed by atoms with E-state index in [-0.39, 0.29) is 5.91 Å². The number of rotatable bonds is 4. The molecule has 1 amide bonds. The van der Waals surface area contributed by atoms with Crippen molar-refractivity contribution in [2.24, 2.45) is 5.92 Å². The van der Waals surface area contributed by atoms with Crippen LogP contribution < -0.4 is 5.32 Å². The van der Waals surface area contributed by atoms with Crippen LogP contribution in [0.4, 0.5) is 0 Å². The molecule has 0 saturated heterocycles. The van der Waals surface area contributed by atoms with Crippen LogP contribution in [-0.2, 0) is 0 Å². The third-order valence-corrected chi connectivity index (χ3v) is 4.21. The SMILES string of the molecule is O=C(NC[C@H]1C[C@@H]1c1ccccc1)c1nnn2ccccc12. The molecule has 0 radical (unpaired) electrons. The number of aromatic nitrogens is 3. The molecule has 5 heteroatoms. The molecule has 0 bridgehead atoms. The fraction of sp³-hybridized carbons (Fsp3) is 0.235. The third kappa shape index (κ3) is 2.35. The number of hydrogen-bond acceptors (Lipinski definition) is 3. The van der Waals surface area contributed by atoms with Gasteiger partial charge >= 0.3 is 0 Å². The third-order valence-electron chi connectivity index (χ3n) is 4.21. The van der Waals surface area contributed by atoms with Crippen LogP contribution in [0.2, 0.25) is 0 Å². The van der Waals surface area contributed by atoms with Crippen LogP contribution in [0.3, 0.4) is 0 Å². The van der Waals surface area contributed by atoms with E-state index in [9.17, 15) is 4.79 Å². The number of pyridine rings is 1. The number of nitrogens with zero attached hydrogens (tertiary/aromatic N) is 3. The van der Waals surface area contributed by atoms with Gasteiger partial charge in [0.05, 0.1) is 5.52 Å². The van der Waals surface area contributed by atoms with E-state index in [1.165, 1.54) is 5.56 Å². The Morgan fingerprint density at radius 1 is 1.18 bits per heavy atom. The molecule has 4 rings (SSSR count). The number of amides is 1. The highest BCUT2D eigenvalue weighted by Crippen LogP contribution is 2.46. The van der Waals surface area contributed by atoms with Gasteiger partial charge in [0.2, 0.25) is 0 Å². The van der Waals surface area contributed by atoms with E-state index in [0.29, 0.717) is 24.1 Å². The second-order valence-electron chi connectivity index (χ2n) is 5.69. The number of fused-ring (bicyclic) bond motifs is 1. The van der Waals surface area contributed by atoms with Gasteiger partial charge in [-0.15, -0.1) is 5.10 Å². The molecule has 1 aliphatic carbocycles. The van der Waals surface area contributed by atoms with Gasteiger partial charge in [-0.2, -0.15) is 0 Å². The Hall–Kier alpha value is -2.69. The van der Waals surface area contributed by atoms with Crippen molar-refractivity contribution in [2.45, 2.75) is 12.3 Å². The predicted molar refractivity (Wildman–Crippen MR) is 82.6 cm³/mol. The van der Waals surface area contributed by atoms with E-state index in [4.69, 9.17) is 0 Å². The lowest BCUT2D eigenvalue weighted by molar-refractivity contribution is 0.0948. The van der Waals surface area contributed by atoms with Crippen LogP contribution in [0.1, 0.15) is 28.4 Å². The highest BCUT2D eigenvalue weighted by Gasteiger charge is 2.38. The average Bonchev–Trinajstić information content (AvgIpc) is 3.23. The summed E-state index contributed by atoms with van der Waals surface area (Å²) in [6.07, 6.45) is 2.91. The maximum absolute atomic E-state index is 12.3. The molecule has 2 atom stereocenters. The van der Waals surface area contributed by atoms with Gasteiger partial charge in [0, 0.05) is 12.7 Å². The van der Waals surface area contributed by atoms with E-state index in [2.05, 4.69) is 39.9 Å². The molecule has 3 aromatic rings. The highest BCUT2D eigenvalue weighted by molar-refractivity contribution is 5.98. The van der Waals surface area contributed by atoms with Gasteiger partial charge in [-0.05, 0) is 36.0 Å². The number of carbonyl (C=O) groups excluding carboxylic acids is 1. The lowest BCUT2D eigenvalue weighted by Crippen LogP contribution is -2.26. The number of benzene rings is 1. The quantitative estimate of drug-likeness (QED) is 0.802. The Labute approximate surface area is 128 Å². The highest BCUT2D eigenvalue weighted by atomic mass is 16.2. The van der Waals surface area contributed by atoms with E-state index >= 15 is 0 Å². The maximum atomic E-state index is 12.3. The second-order valence-corrected chi connectivity index (χ2v) is 5.69. The van der Waals surface area contributed by atoms with Gasteiger partial charge in [-0.1, -0.05) is 41.6 Å². The minimum atomic E-state index is -0.153. The molecule has 0 unspecified atom stereocenters.